The molecular formula is C15H21NO4. The summed E-state index contributed by atoms with van der Waals surface area (Å²) < 4.78 is 5.29. The number of ether oxygens (including phenoxy) is 1. The van der Waals surface area contributed by atoms with E-state index in [9.17, 15) is 9.59 Å². The summed E-state index contributed by atoms with van der Waals surface area (Å²) in [6.45, 7) is 6.27. The summed E-state index contributed by atoms with van der Waals surface area (Å²) >= 11 is 0. The minimum Gasteiger partial charge on any atom is -0.494 e. The van der Waals surface area contributed by atoms with Crippen LogP contribution in [0.2, 0.25) is 0 Å². The monoisotopic (exact) mass is 279 g/mol. The van der Waals surface area contributed by atoms with Crippen molar-refractivity contribution >= 4 is 11.9 Å². The second-order valence-electron chi connectivity index (χ2n) is 4.95. The number of benzene rings is 1. The lowest BCUT2D eigenvalue weighted by Gasteiger charge is -2.16. The Hall–Kier alpha value is -2.04. The molecule has 0 aliphatic carbocycles. The van der Waals surface area contributed by atoms with Crippen LogP contribution in [-0.2, 0) is 4.79 Å². The molecule has 0 aliphatic heterocycles. The predicted octanol–water partition coefficient (Wildman–Crippen LogP) is 2.31. The zero-order chi connectivity index (χ0) is 15.1. The van der Waals surface area contributed by atoms with Crippen molar-refractivity contribution in [3.05, 3.63) is 29.8 Å². The summed E-state index contributed by atoms with van der Waals surface area (Å²) in [6.07, 6.45) is 0.401. The van der Waals surface area contributed by atoms with Crippen molar-refractivity contribution in [1.29, 1.82) is 0 Å². The molecule has 1 amide bonds. The van der Waals surface area contributed by atoms with E-state index in [1.54, 1.807) is 24.3 Å². The van der Waals surface area contributed by atoms with E-state index in [0.717, 1.165) is 0 Å². The van der Waals surface area contributed by atoms with Gasteiger partial charge in [0.05, 0.1) is 6.61 Å². The lowest BCUT2D eigenvalue weighted by molar-refractivity contribution is -0.139. The molecule has 0 saturated carbocycles. The number of amides is 1. The summed E-state index contributed by atoms with van der Waals surface area (Å²) in [4.78, 5) is 23.1. The molecule has 2 N–H and O–H groups in total. The minimum absolute atomic E-state index is 0.191. The standard InChI is InChI=1S/C15H21NO4/c1-4-20-12-7-5-11(6-8-12)14(17)16-13(15(18)19)9-10(2)3/h5-8,10,13H,4,9H2,1-3H3,(H,16,17)(H,18,19). The average molecular weight is 279 g/mol. The zero-order valence-electron chi connectivity index (χ0n) is 12.1. The summed E-state index contributed by atoms with van der Waals surface area (Å²) in [7, 11) is 0. The molecule has 0 aromatic heterocycles. The van der Waals surface area contributed by atoms with Crippen molar-refractivity contribution in [2.24, 2.45) is 5.92 Å². The molecular weight excluding hydrogens is 258 g/mol. The molecule has 0 radical (unpaired) electrons. The van der Waals surface area contributed by atoms with Crippen LogP contribution in [0.5, 0.6) is 5.75 Å². The van der Waals surface area contributed by atoms with Crippen molar-refractivity contribution in [2.75, 3.05) is 6.61 Å². The molecule has 0 heterocycles. The van der Waals surface area contributed by atoms with E-state index in [2.05, 4.69) is 5.32 Å². The van der Waals surface area contributed by atoms with Crippen molar-refractivity contribution in [2.45, 2.75) is 33.2 Å². The van der Waals surface area contributed by atoms with Crippen LogP contribution >= 0.6 is 0 Å². The molecule has 0 bridgehead atoms. The van der Waals surface area contributed by atoms with Gasteiger partial charge < -0.3 is 15.2 Å². The Morgan fingerprint density at radius 2 is 1.85 bits per heavy atom. The molecule has 1 aromatic rings. The SMILES string of the molecule is CCOc1ccc(C(=O)NC(CC(C)C)C(=O)O)cc1. The number of hydrogen-bond acceptors (Lipinski definition) is 3. The Kier molecular flexibility index (Phi) is 6.03. The molecule has 110 valence electrons. The van der Waals surface area contributed by atoms with E-state index in [-0.39, 0.29) is 11.8 Å². The number of carboxylic acids is 1. The molecule has 1 atom stereocenters. The normalized spacial score (nSPS) is 12.0. The van der Waals surface area contributed by atoms with Crippen molar-refractivity contribution in [3.63, 3.8) is 0 Å². The number of aliphatic carboxylic acids is 1. The molecule has 0 spiro atoms. The van der Waals surface area contributed by atoms with Crippen LogP contribution in [0, 0.1) is 5.92 Å². The first-order chi connectivity index (χ1) is 9.43. The first-order valence-electron chi connectivity index (χ1n) is 6.70. The van der Waals surface area contributed by atoms with Gasteiger partial charge in [0, 0.05) is 5.56 Å². The fraction of sp³-hybridized carbons (Fsp3) is 0.467. The van der Waals surface area contributed by atoms with Crippen molar-refractivity contribution in [1.82, 2.24) is 5.32 Å². The van der Waals surface area contributed by atoms with E-state index in [4.69, 9.17) is 9.84 Å². The van der Waals surface area contributed by atoms with Gasteiger partial charge in [-0.2, -0.15) is 0 Å². The molecule has 20 heavy (non-hydrogen) atoms. The van der Waals surface area contributed by atoms with Crippen LogP contribution in [0.4, 0.5) is 0 Å². The third kappa shape index (κ3) is 4.91. The summed E-state index contributed by atoms with van der Waals surface area (Å²) in [5.41, 5.74) is 0.420. The second kappa shape index (κ2) is 7.53. The molecule has 0 fully saturated rings. The van der Waals surface area contributed by atoms with Crippen molar-refractivity contribution < 1.29 is 19.4 Å². The van der Waals surface area contributed by atoms with Crippen LogP contribution in [0.25, 0.3) is 0 Å². The maximum atomic E-state index is 12.0. The fourth-order valence-electron chi connectivity index (χ4n) is 1.80. The number of nitrogens with one attached hydrogen (secondary N) is 1. The second-order valence-corrected chi connectivity index (χ2v) is 4.95. The van der Waals surface area contributed by atoms with Crippen LogP contribution in [0.3, 0.4) is 0 Å². The van der Waals surface area contributed by atoms with Gasteiger partial charge in [-0.1, -0.05) is 13.8 Å². The maximum absolute atomic E-state index is 12.0. The molecule has 0 aliphatic rings. The zero-order valence-corrected chi connectivity index (χ0v) is 12.1. The highest BCUT2D eigenvalue weighted by atomic mass is 16.5. The lowest BCUT2D eigenvalue weighted by Crippen LogP contribution is -2.41. The van der Waals surface area contributed by atoms with E-state index in [1.807, 2.05) is 20.8 Å². The van der Waals surface area contributed by atoms with E-state index < -0.39 is 12.0 Å². The van der Waals surface area contributed by atoms with Gasteiger partial charge in [-0.3, -0.25) is 4.79 Å². The first kappa shape index (κ1) is 16.0. The van der Waals surface area contributed by atoms with Crippen LogP contribution in [0.15, 0.2) is 24.3 Å². The molecule has 0 saturated heterocycles. The third-order valence-electron chi connectivity index (χ3n) is 2.74. The van der Waals surface area contributed by atoms with Gasteiger partial charge in [0.1, 0.15) is 11.8 Å². The lowest BCUT2D eigenvalue weighted by atomic mass is 10.0. The topological polar surface area (TPSA) is 75.6 Å². The highest BCUT2D eigenvalue weighted by Gasteiger charge is 2.21. The Labute approximate surface area is 118 Å². The first-order valence-corrected chi connectivity index (χ1v) is 6.70. The average Bonchev–Trinajstić information content (AvgIpc) is 2.38. The number of carbonyl (C=O) groups is 2. The molecule has 5 heteroatoms. The van der Waals surface area contributed by atoms with E-state index >= 15 is 0 Å². The van der Waals surface area contributed by atoms with Gasteiger partial charge in [-0.05, 0) is 43.5 Å². The largest absolute Gasteiger partial charge is 0.494 e. The van der Waals surface area contributed by atoms with Crippen LogP contribution in [0.1, 0.15) is 37.6 Å². The maximum Gasteiger partial charge on any atom is 0.326 e. The number of carbonyl (C=O) groups excluding carboxylic acids is 1. The van der Waals surface area contributed by atoms with Gasteiger partial charge in [-0.15, -0.1) is 0 Å². The summed E-state index contributed by atoms with van der Waals surface area (Å²) in [5, 5.41) is 11.6. The minimum atomic E-state index is -1.02. The summed E-state index contributed by atoms with van der Waals surface area (Å²) in [6, 6.07) is 5.75. The molecule has 5 nitrogen and oxygen atoms in total. The van der Waals surface area contributed by atoms with Gasteiger partial charge in [0.25, 0.3) is 5.91 Å². The van der Waals surface area contributed by atoms with E-state index in [1.165, 1.54) is 0 Å². The predicted molar refractivity (Wildman–Crippen MR) is 76.0 cm³/mol. The van der Waals surface area contributed by atoms with Crippen LogP contribution < -0.4 is 10.1 Å². The van der Waals surface area contributed by atoms with E-state index in [0.29, 0.717) is 24.3 Å². The number of rotatable bonds is 7. The smallest absolute Gasteiger partial charge is 0.326 e. The highest BCUT2D eigenvalue weighted by Crippen LogP contribution is 2.13. The van der Waals surface area contributed by atoms with Crippen LogP contribution in [-0.4, -0.2) is 29.6 Å². The Morgan fingerprint density at radius 3 is 2.30 bits per heavy atom. The van der Waals surface area contributed by atoms with Gasteiger partial charge in [0.15, 0.2) is 0 Å². The number of carboxylic acid groups (broad SMARTS) is 1. The summed E-state index contributed by atoms with van der Waals surface area (Å²) in [5.74, 6) is -0.531. The molecule has 1 unspecified atom stereocenters. The third-order valence-corrected chi connectivity index (χ3v) is 2.74. The highest BCUT2D eigenvalue weighted by molar-refractivity contribution is 5.96. The molecule has 1 rings (SSSR count). The Balaban J connectivity index is 2.70. The van der Waals surface area contributed by atoms with Gasteiger partial charge in [0.2, 0.25) is 0 Å². The quantitative estimate of drug-likeness (QED) is 0.803. The Morgan fingerprint density at radius 1 is 1.25 bits per heavy atom. The Bertz CT molecular complexity index is 453. The van der Waals surface area contributed by atoms with Gasteiger partial charge >= 0.3 is 5.97 Å². The fourth-order valence-corrected chi connectivity index (χ4v) is 1.80. The number of hydrogen-bond donors (Lipinski definition) is 2. The molecule has 1 aromatic carbocycles. The van der Waals surface area contributed by atoms with Crippen molar-refractivity contribution in [3.8, 4) is 5.75 Å². The van der Waals surface area contributed by atoms with Gasteiger partial charge in [-0.25, -0.2) is 4.79 Å².